The lowest BCUT2D eigenvalue weighted by Crippen LogP contribution is -2.18. The number of ether oxygens (including phenoxy) is 2. The zero-order chi connectivity index (χ0) is 30.2. The summed E-state index contributed by atoms with van der Waals surface area (Å²) in [6, 6.07) is 4.55. The second kappa shape index (κ2) is 13.9. The largest absolute Gasteiger partial charge is 0.494 e. The number of rotatable bonds is 10. The highest BCUT2D eigenvalue weighted by atomic mass is 32.2. The molecule has 11 nitrogen and oxygen atoms in total. The number of hydrogen-bond donors (Lipinski definition) is 3. The molecule has 0 radical (unpaired) electrons. The van der Waals surface area contributed by atoms with Gasteiger partial charge in [0.05, 0.1) is 36.4 Å². The number of benzene rings is 2. The highest BCUT2D eigenvalue weighted by molar-refractivity contribution is 7.92. The van der Waals surface area contributed by atoms with Crippen molar-refractivity contribution in [3.63, 3.8) is 0 Å². The van der Waals surface area contributed by atoms with E-state index in [0.29, 0.717) is 5.56 Å². The van der Waals surface area contributed by atoms with E-state index in [9.17, 15) is 17.2 Å². The van der Waals surface area contributed by atoms with Crippen molar-refractivity contribution in [2.24, 2.45) is 0 Å². The van der Waals surface area contributed by atoms with Gasteiger partial charge in [0.2, 0.25) is 16.0 Å². The van der Waals surface area contributed by atoms with Crippen molar-refractivity contribution < 1.29 is 31.1 Å². The van der Waals surface area contributed by atoms with E-state index < -0.39 is 45.3 Å². The number of aromatic nitrogens is 4. The molecule has 0 aliphatic rings. The number of fused-ring (bicyclic) bond motifs is 1. The molecule has 2 heterocycles. The number of nitrogens with two attached hydrogens (primary N) is 2. The molecule has 41 heavy (non-hydrogen) atoms. The van der Waals surface area contributed by atoms with Gasteiger partial charge in [0.25, 0.3) is 0 Å². The van der Waals surface area contributed by atoms with Crippen molar-refractivity contribution in [1.29, 1.82) is 0 Å². The minimum absolute atomic E-state index is 0.00183. The van der Waals surface area contributed by atoms with Gasteiger partial charge in [0.15, 0.2) is 11.6 Å². The second-order valence-electron chi connectivity index (χ2n) is 8.37. The molecule has 0 bridgehead atoms. The third-order valence-corrected chi connectivity index (χ3v) is 6.90. The molecule has 2 aromatic heterocycles. The van der Waals surface area contributed by atoms with Crippen molar-refractivity contribution in [3.05, 3.63) is 48.3 Å². The van der Waals surface area contributed by atoms with Crippen LogP contribution in [0, 0.1) is 11.6 Å². The predicted molar refractivity (Wildman–Crippen MR) is 151 cm³/mol. The molecular weight excluding hydrogens is 563 g/mol. The summed E-state index contributed by atoms with van der Waals surface area (Å²) in [6.07, 6.45) is 2.56. The monoisotopic (exact) mass is 593 g/mol. The highest BCUT2D eigenvalue weighted by Crippen LogP contribution is 2.38. The van der Waals surface area contributed by atoms with Crippen molar-refractivity contribution in [2.45, 2.75) is 20.3 Å². The van der Waals surface area contributed by atoms with Gasteiger partial charge in [0.1, 0.15) is 22.9 Å². The summed E-state index contributed by atoms with van der Waals surface area (Å²) >= 11 is 0. The van der Waals surface area contributed by atoms with Crippen LogP contribution in [0.2, 0.25) is 0 Å². The first-order chi connectivity index (χ1) is 19.5. The molecule has 220 valence electrons. The van der Waals surface area contributed by atoms with Crippen LogP contribution in [0.1, 0.15) is 20.3 Å². The standard InChI is InChI=1S/C22H20F3N7O3S.C4H10O/c1-35-16-8-11(17-14(24)3-4-15(18(17)25)32-36(33,34)6-2-5-23)7-13-19(16)30-21(31-20(13)26)12-9-28-22(27)29-10-12;1-3-5-4-2/h3-4,7-10,32H,2,5-6H2,1H3,(H2,26,30,31)(H2,27,28,29);3-4H2,1-2H3. The quantitative estimate of drug-likeness (QED) is 0.240. The van der Waals surface area contributed by atoms with Crippen LogP contribution in [0.15, 0.2) is 36.7 Å². The van der Waals surface area contributed by atoms with Crippen LogP contribution in [0.25, 0.3) is 33.4 Å². The number of nitrogens with one attached hydrogen (secondary N) is 1. The molecule has 0 saturated heterocycles. The Kier molecular flexibility index (Phi) is 10.6. The van der Waals surface area contributed by atoms with Crippen LogP contribution in [-0.4, -0.2) is 61.1 Å². The number of anilines is 3. The lowest BCUT2D eigenvalue weighted by Gasteiger charge is -2.15. The van der Waals surface area contributed by atoms with Gasteiger partial charge in [0, 0.05) is 31.0 Å². The summed E-state index contributed by atoms with van der Waals surface area (Å²) in [5.74, 6) is -2.35. The zero-order valence-electron chi connectivity index (χ0n) is 22.6. The average Bonchev–Trinajstić information content (AvgIpc) is 2.94. The number of hydrogen-bond acceptors (Lipinski definition) is 10. The third kappa shape index (κ3) is 7.70. The van der Waals surface area contributed by atoms with Gasteiger partial charge in [-0.15, -0.1) is 0 Å². The van der Waals surface area contributed by atoms with E-state index >= 15 is 4.39 Å². The Morgan fingerprint density at radius 2 is 1.68 bits per heavy atom. The van der Waals surface area contributed by atoms with Gasteiger partial charge >= 0.3 is 0 Å². The van der Waals surface area contributed by atoms with Crippen molar-refractivity contribution in [2.75, 3.05) is 48.9 Å². The summed E-state index contributed by atoms with van der Waals surface area (Å²) in [6.45, 7) is 4.81. The molecule has 4 aromatic rings. The third-order valence-electron chi connectivity index (χ3n) is 5.55. The summed E-state index contributed by atoms with van der Waals surface area (Å²) in [7, 11) is -2.72. The van der Waals surface area contributed by atoms with Crippen molar-refractivity contribution >= 4 is 38.4 Å². The van der Waals surface area contributed by atoms with Crippen LogP contribution >= 0.6 is 0 Å². The maximum absolute atomic E-state index is 15.4. The van der Waals surface area contributed by atoms with Crippen molar-refractivity contribution in [3.8, 4) is 28.3 Å². The molecule has 4 rings (SSSR count). The van der Waals surface area contributed by atoms with Crippen LogP contribution in [0.3, 0.4) is 0 Å². The van der Waals surface area contributed by atoms with Crippen LogP contribution in [0.4, 0.5) is 30.6 Å². The Hall–Kier alpha value is -4.24. The van der Waals surface area contributed by atoms with Gasteiger partial charge < -0.3 is 20.9 Å². The Morgan fingerprint density at radius 1 is 1.00 bits per heavy atom. The van der Waals surface area contributed by atoms with Gasteiger partial charge in [-0.1, -0.05) is 0 Å². The van der Waals surface area contributed by atoms with Crippen molar-refractivity contribution in [1.82, 2.24) is 19.9 Å². The van der Waals surface area contributed by atoms with Gasteiger partial charge in [-0.3, -0.25) is 9.11 Å². The fourth-order valence-electron chi connectivity index (χ4n) is 3.67. The van der Waals surface area contributed by atoms with E-state index in [1.807, 2.05) is 18.6 Å². The molecule has 0 fully saturated rings. The first-order valence-electron chi connectivity index (χ1n) is 12.4. The average molecular weight is 594 g/mol. The first-order valence-corrected chi connectivity index (χ1v) is 14.1. The molecule has 5 N–H and O–H groups in total. The first kappa shape index (κ1) is 31.3. The fraction of sp³-hybridized carbons (Fsp3) is 0.308. The minimum atomic E-state index is -4.05. The summed E-state index contributed by atoms with van der Waals surface area (Å²) in [5, 5.41) is 0.234. The summed E-state index contributed by atoms with van der Waals surface area (Å²) in [4.78, 5) is 16.5. The number of nitrogen functional groups attached to an aromatic ring is 2. The van der Waals surface area contributed by atoms with E-state index in [0.717, 1.165) is 25.3 Å². The Morgan fingerprint density at radius 3 is 2.27 bits per heavy atom. The van der Waals surface area contributed by atoms with E-state index in [1.54, 1.807) is 0 Å². The van der Waals surface area contributed by atoms with Crippen LogP contribution < -0.4 is 20.9 Å². The molecule has 15 heteroatoms. The Balaban J connectivity index is 0.000000850. The molecule has 0 amide bonds. The van der Waals surface area contributed by atoms with Crippen LogP contribution in [-0.2, 0) is 14.8 Å². The Bertz CT molecular complexity index is 1610. The van der Waals surface area contributed by atoms with E-state index in [4.69, 9.17) is 20.9 Å². The number of sulfonamides is 1. The second-order valence-corrected chi connectivity index (χ2v) is 10.2. The molecule has 0 aliphatic heterocycles. The molecule has 0 aliphatic carbocycles. The smallest absolute Gasteiger partial charge is 0.232 e. The van der Waals surface area contributed by atoms with Crippen LogP contribution in [0.5, 0.6) is 5.75 Å². The molecular formula is C26H30F3N7O4S. The number of alkyl halides is 1. The predicted octanol–water partition coefficient (Wildman–Crippen LogP) is 4.35. The highest BCUT2D eigenvalue weighted by Gasteiger charge is 2.22. The molecule has 0 spiro atoms. The molecule has 0 atom stereocenters. The maximum Gasteiger partial charge on any atom is 0.232 e. The Labute approximate surface area is 235 Å². The number of methoxy groups -OCH3 is 1. The molecule has 0 saturated carbocycles. The minimum Gasteiger partial charge on any atom is -0.494 e. The zero-order valence-corrected chi connectivity index (χ0v) is 23.4. The lowest BCUT2D eigenvalue weighted by atomic mass is 10.0. The number of halogens is 3. The van der Waals surface area contributed by atoms with Gasteiger partial charge in [-0.05, 0) is 50.1 Å². The lowest BCUT2D eigenvalue weighted by molar-refractivity contribution is 0.162. The summed E-state index contributed by atoms with van der Waals surface area (Å²) in [5.41, 5.74) is 11.3. The normalized spacial score (nSPS) is 11.2. The fourth-order valence-corrected chi connectivity index (χ4v) is 4.75. The maximum atomic E-state index is 15.4. The molecule has 0 unspecified atom stereocenters. The number of nitrogens with zero attached hydrogens (tertiary/aromatic N) is 4. The topological polar surface area (TPSA) is 168 Å². The summed E-state index contributed by atoms with van der Waals surface area (Å²) < 4.78 is 79.1. The SMILES string of the molecule is CCOCC.COc1cc(-c2c(F)ccc(NS(=O)(=O)CCCF)c2F)cc2c(N)nc(-c3cnc(N)nc3)nc12. The van der Waals surface area contributed by atoms with Gasteiger partial charge in [-0.25, -0.2) is 37.1 Å². The van der Waals surface area contributed by atoms with E-state index in [-0.39, 0.29) is 46.2 Å². The van der Waals surface area contributed by atoms with E-state index in [1.165, 1.54) is 31.6 Å². The van der Waals surface area contributed by atoms with E-state index in [2.05, 4.69) is 19.9 Å². The van der Waals surface area contributed by atoms with Gasteiger partial charge in [-0.2, -0.15) is 0 Å². The molecule has 2 aromatic carbocycles.